The van der Waals surface area contributed by atoms with E-state index in [1.807, 2.05) is 31.2 Å². The quantitative estimate of drug-likeness (QED) is 0.719. The smallest absolute Gasteiger partial charge is 0.240 e. The molecule has 3 fully saturated rings. The van der Waals surface area contributed by atoms with Crippen LogP contribution in [0.1, 0.15) is 18.4 Å². The molecule has 0 N–H and O–H groups in total. The van der Waals surface area contributed by atoms with E-state index < -0.39 is 0 Å². The molecule has 4 atom stereocenters. The first-order valence-corrected chi connectivity index (χ1v) is 6.77. The highest BCUT2D eigenvalue weighted by atomic mass is 16.5. The van der Waals surface area contributed by atoms with Gasteiger partial charge in [0.15, 0.2) is 0 Å². The third kappa shape index (κ3) is 1.38. The van der Waals surface area contributed by atoms with Crippen molar-refractivity contribution in [3.63, 3.8) is 0 Å². The van der Waals surface area contributed by atoms with Gasteiger partial charge >= 0.3 is 0 Å². The lowest BCUT2D eigenvalue weighted by Gasteiger charge is -2.17. The Kier molecular flexibility index (Phi) is 2.16. The van der Waals surface area contributed by atoms with Gasteiger partial charge in [-0.3, -0.25) is 9.59 Å². The lowest BCUT2D eigenvalue weighted by atomic mass is 9.81. The van der Waals surface area contributed by atoms with Crippen molar-refractivity contribution in [3.8, 4) is 0 Å². The number of nitrogens with zero attached hydrogens (tertiary/aromatic N) is 1. The normalized spacial score (nSPS) is 36.2. The second kappa shape index (κ2) is 3.67. The van der Waals surface area contributed by atoms with Gasteiger partial charge in [-0.05, 0) is 31.9 Å². The van der Waals surface area contributed by atoms with Gasteiger partial charge in [0, 0.05) is 0 Å². The largest absolute Gasteiger partial charge is 0.373 e. The fourth-order valence-electron chi connectivity index (χ4n) is 3.66. The molecule has 4 heteroatoms. The van der Waals surface area contributed by atoms with Crippen molar-refractivity contribution in [2.24, 2.45) is 11.8 Å². The summed E-state index contributed by atoms with van der Waals surface area (Å²) in [5, 5.41) is 0. The summed E-state index contributed by atoms with van der Waals surface area (Å²) in [7, 11) is 0. The molecule has 3 aliphatic rings. The molecule has 1 aromatic carbocycles. The highest BCUT2D eigenvalue weighted by Crippen LogP contribution is 2.49. The van der Waals surface area contributed by atoms with Crippen LogP contribution < -0.4 is 4.90 Å². The molecule has 1 aromatic rings. The molecule has 0 saturated carbocycles. The van der Waals surface area contributed by atoms with Crippen molar-refractivity contribution in [1.29, 1.82) is 0 Å². The number of aryl methyl sites for hydroxylation is 1. The van der Waals surface area contributed by atoms with Crippen LogP contribution in [0.25, 0.3) is 0 Å². The number of hydrogen-bond acceptors (Lipinski definition) is 3. The molecule has 0 unspecified atom stereocenters. The number of carbonyl (C=O) groups excluding carboxylic acids is 2. The van der Waals surface area contributed by atoms with E-state index in [4.69, 9.17) is 4.74 Å². The summed E-state index contributed by atoms with van der Waals surface area (Å²) in [6.07, 6.45) is 1.74. The SMILES string of the molecule is Cc1ccc(N2C(=O)[C@@H]3[C@H](C2=O)[C@@H]2CC[C@@H]3O2)cc1. The maximum absolute atomic E-state index is 12.5. The zero-order valence-electron chi connectivity index (χ0n) is 10.7. The first kappa shape index (κ1) is 11.2. The molecule has 19 heavy (non-hydrogen) atoms. The Hall–Kier alpha value is -1.68. The second-order valence-corrected chi connectivity index (χ2v) is 5.69. The molecule has 4 nitrogen and oxygen atoms in total. The number of hydrogen-bond donors (Lipinski definition) is 0. The van der Waals surface area contributed by atoms with Crippen LogP contribution in [0.3, 0.4) is 0 Å². The van der Waals surface area contributed by atoms with E-state index in [2.05, 4.69) is 0 Å². The zero-order chi connectivity index (χ0) is 13.1. The van der Waals surface area contributed by atoms with Crippen LogP contribution in [-0.2, 0) is 14.3 Å². The van der Waals surface area contributed by atoms with E-state index in [1.165, 1.54) is 4.90 Å². The van der Waals surface area contributed by atoms with Gasteiger partial charge in [-0.25, -0.2) is 4.90 Å². The van der Waals surface area contributed by atoms with Gasteiger partial charge in [0.05, 0.1) is 29.7 Å². The molecular weight excluding hydrogens is 242 g/mol. The van der Waals surface area contributed by atoms with E-state index in [0.29, 0.717) is 5.69 Å². The maximum Gasteiger partial charge on any atom is 0.240 e. The lowest BCUT2D eigenvalue weighted by molar-refractivity contribution is -0.124. The third-order valence-electron chi connectivity index (χ3n) is 4.58. The maximum atomic E-state index is 12.5. The molecule has 0 aromatic heterocycles. The van der Waals surface area contributed by atoms with Gasteiger partial charge in [0.25, 0.3) is 0 Å². The lowest BCUT2D eigenvalue weighted by Crippen LogP contribution is -2.34. The van der Waals surface area contributed by atoms with E-state index in [1.54, 1.807) is 0 Å². The monoisotopic (exact) mass is 257 g/mol. The van der Waals surface area contributed by atoms with Crippen LogP contribution in [0.4, 0.5) is 5.69 Å². The Balaban J connectivity index is 1.73. The van der Waals surface area contributed by atoms with E-state index >= 15 is 0 Å². The van der Waals surface area contributed by atoms with Gasteiger partial charge in [-0.15, -0.1) is 0 Å². The van der Waals surface area contributed by atoms with Gasteiger partial charge in [-0.2, -0.15) is 0 Å². The molecule has 0 aliphatic carbocycles. The Bertz CT molecular complexity index is 537. The predicted octanol–water partition coefficient (Wildman–Crippen LogP) is 1.66. The Morgan fingerprint density at radius 3 is 2.05 bits per heavy atom. The molecule has 3 saturated heterocycles. The summed E-state index contributed by atoms with van der Waals surface area (Å²) in [6, 6.07) is 7.54. The zero-order valence-corrected chi connectivity index (χ0v) is 10.7. The van der Waals surface area contributed by atoms with Crippen molar-refractivity contribution in [2.45, 2.75) is 32.0 Å². The van der Waals surface area contributed by atoms with Gasteiger partial charge in [0.1, 0.15) is 0 Å². The van der Waals surface area contributed by atoms with E-state index in [0.717, 1.165) is 18.4 Å². The van der Waals surface area contributed by atoms with Gasteiger partial charge in [0.2, 0.25) is 11.8 Å². The molecule has 2 bridgehead atoms. The summed E-state index contributed by atoms with van der Waals surface area (Å²) >= 11 is 0. The van der Waals surface area contributed by atoms with Crippen LogP contribution in [0.15, 0.2) is 24.3 Å². The van der Waals surface area contributed by atoms with E-state index in [-0.39, 0.29) is 35.9 Å². The van der Waals surface area contributed by atoms with Crippen molar-refractivity contribution < 1.29 is 14.3 Å². The summed E-state index contributed by atoms with van der Waals surface area (Å²) in [5.74, 6) is -0.641. The minimum atomic E-state index is -0.243. The fourth-order valence-corrected chi connectivity index (χ4v) is 3.66. The van der Waals surface area contributed by atoms with Crippen molar-refractivity contribution in [2.75, 3.05) is 4.90 Å². The molecule has 3 heterocycles. The molecule has 2 amide bonds. The van der Waals surface area contributed by atoms with Crippen LogP contribution in [0, 0.1) is 18.8 Å². The van der Waals surface area contributed by atoms with Gasteiger partial charge in [-0.1, -0.05) is 17.7 Å². The topological polar surface area (TPSA) is 46.6 Å². The first-order valence-electron chi connectivity index (χ1n) is 6.77. The van der Waals surface area contributed by atoms with E-state index in [9.17, 15) is 9.59 Å². The molecule has 0 spiro atoms. The third-order valence-corrected chi connectivity index (χ3v) is 4.58. The second-order valence-electron chi connectivity index (χ2n) is 5.69. The Labute approximate surface area is 111 Å². The highest BCUT2D eigenvalue weighted by Gasteiger charge is 2.62. The molecular formula is C15H15NO3. The highest BCUT2D eigenvalue weighted by molar-refractivity contribution is 6.22. The average Bonchev–Trinajstić information content (AvgIpc) is 3.06. The molecule has 0 radical (unpaired) electrons. The van der Waals surface area contributed by atoms with Gasteiger partial charge < -0.3 is 4.74 Å². The number of fused-ring (bicyclic) bond motifs is 5. The molecule has 98 valence electrons. The minimum absolute atomic E-state index is 0.0399. The number of amides is 2. The van der Waals surface area contributed by atoms with Crippen LogP contribution in [0.5, 0.6) is 0 Å². The fraction of sp³-hybridized carbons (Fsp3) is 0.467. The summed E-state index contributed by atoms with van der Waals surface area (Å²) in [5.41, 5.74) is 1.81. The summed E-state index contributed by atoms with van der Waals surface area (Å²) in [4.78, 5) is 26.4. The van der Waals surface area contributed by atoms with Crippen LogP contribution >= 0.6 is 0 Å². The summed E-state index contributed by atoms with van der Waals surface area (Å²) in [6.45, 7) is 1.99. The number of benzene rings is 1. The Morgan fingerprint density at radius 1 is 1.00 bits per heavy atom. The number of rotatable bonds is 1. The molecule has 4 rings (SSSR count). The number of anilines is 1. The standard InChI is InChI=1S/C15H15NO3/c1-8-2-4-9(5-3-8)16-14(17)12-10-6-7-11(19-10)13(12)15(16)18/h2-5,10-13H,6-7H2,1H3/t10-,11-,12-,13+/m0/s1. The van der Waals surface area contributed by atoms with Crippen molar-refractivity contribution in [3.05, 3.63) is 29.8 Å². The number of ether oxygens (including phenoxy) is 1. The van der Waals surface area contributed by atoms with Crippen LogP contribution in [-0.4, -0.2) is 24.0 Å². The predicted molar refractivity (Wildman–Crippen MR) is 68.5 cm³/mol. The summed E-state index contributed by atoms with van der Waals surface area (Å²) < 4.78 is 5.72. The first-order chi connectivity index (χ1) is 9.16. The van der Waals surface area contributed by atoms with Crippen molar-refractivity contribution >= 4 is 17.5 Å². The number of imide groups is 1. The van der Waals surface area contributed by atoms with Crippen LogP contribution in [0.2, 0.25) is 0 Å². The van der Waals surface area contributed by atoms with Crippen molar-refractivity contribution in [1.82, 2.24) is 0 Å². The minimum Gasteiger partial charge on any atom is -0.373 e. The number of carbonyl (C=O) groups is 2. The molecule has 3 aliphatic heterocycles. The average molecular weight is 257 g/mol. The Morgan fingerprint density at radius 2 is 1.53 bits per heavy atom.